The van der Waals surface area contributed by atoms with Crippen molar-refractivity contribution in [1.82, 2.24) is 10.3 Å². The second-order valence-corrected chi connectivity index (χ2v) is 3.66. The first kappa shape index (κ1) is 15.9. The van der Waals surface area contributed by atoms with Crippen LogP contribution in [0.15, 0.2) is 18.3 Å². The molecule has 2 N–H and O–H groups in total. The molecule has 110 valence electrons. The maximum atomic E-state index is 11.7. The van der Waals surface area contributed by atoms with Gasteiger partial charge in [-0.1, -0.05) is 0 Å². The first-order valence-corrected chi connectivity index (χ1v) is 5.41. The number of hydrogen-bond acceptors (Lipinski definition) is 4. The normalized spacial score (nSPS) is 11.2. The van der Waals surface area contributed by atoms with Crippen molar-refractivity contribution in [1.29, 1.82) is 0 Å². The second kappa shape index (κ2) is 6.85. The number of aromatic carboxylic acids is 1. The Balaban J connectivity index is 2.40. The number of carboxylic acids is 1. The van der Waals surface area contributed by atoms with Crippen LogP contribution in [0, 0.1) is 0 Å². The number of nitrogens with one attached hydrogen (secondary N) is 1. The van der Waals surface area contributed by atoms with Crippen molar-refractivity contribution in [2.45, 2.75) is 6.18 Å². The van der Waals surface area contributed by atoms with Crippen molar-refractivity contribution in [3.63, 3.8) is 0 Å². The third-order valence-electron chi connectivity index (χ3n) is 2.04. The number of amides is 1. The van der Waals surface area contributed by atoms with Crippen molar-refractivity contribution in [2.75, 3.05) is 19.8 Å². The fourth-order valence-electron chi connectivity index (χ4n) is 1.20. The molecule has 1 amide bonds. The number of pyridine rings is 1. The first-order chi connectivity index (χ1) is 9.29. The van der Waals surface area contributed by atoms with Crippen LogP contribution in [0.3, 0.4) is 0 Å². The van der Waals surface area contributed by atoms with Gasteiger partial charge in [0.15, 0.2) is 0 Å². The zero-order valence-corrected chi connectivity index (χ0v) is 10.1. The molecule has 1 rings (SSSR count). The number of carboxylic acid groups (broad SMARTS) is 1. The van der Waals surface area contributed by atoms with Gasteiger partial charge < -0.3 is 15.2 Å². The summed E-state index contributed by atoms with van der Waals surface area (Å²) < 4.78 is 39.5. The van der Waals surface area contributed by atoms with Crippen molar-refractivity contribution in [2.24, 2.45) is 0 Å². The number of nitrogens with zero attached hydrogens (tertiary/aromatic N) is 1. The van der Waals surface area contributed by atoms with Gasteiger partial charge in [0.1, 0.15) is 12.3 Å². The van der Waals surface area contributed by atoms with Gasteiger partial charge in [0.25, 0.3) is 5.91 Å². The van der Waals surface area contributed by atoms with Crippen LogP contribution >= 0.6 is 0 Å². The van der Waals surface area contributed by atoms with E-state index >= 15 is 0 Å². The van der Waals surface area contributed by atoms with Gasteiger partial charge in [0.2, 0.25) is 0 Å². The minimum absolute atomic E-state index is 0.113. The van der Waals surface area contributed by atoms with Gasteiger partial charge in [-0.3, -0.25) is 9.78 Å². The predicted octanol–water partition coefficient (Wildman–Crippen LogP) is 1.09. The van der Waals surface area contributed by atoms with Gasteiger partial charge in [0, 0.05) is 12.7 Å². The van der Waals surface area contributed by atoms with E-state index in [1.807, 2.05) is 0 Å². The van der Waals surface area contributed by atoms with Crippen LogP contribution in [-0.4, -0.2) is 47.9 Å². The molecule has 20 heavy (non-hydrogen) atoms. The van der Waals surface area contributed by atoms with Crippen LogP contribution in [0.5, 0.6) is 0 Å². The number of alkyl halides is 3. The fourth-order valence-corrected chi connectivity index (χ4v) is 1.20. The molecule has 0 saturated heterocycles. The Labute approximate surface area is 111 Å². The summed E-state index contributed by atoms with van der Waals surface area (Å²) in [5.41, 5.74) is -0.251. The number of carbonyl (C=O) groups excluding carboxylic acids is 1. The largest absolute Gasteiger partial charge is 0.478 e. The summed E-state index contributed by atoms with van der Waals surface area (Å²) in [4.78, 5) is 25.9. The molecular formula is C11H11F3N2O4. The maximum Gasteiger partial charge on any atom is 0.411 e. The van der Waals surface area contributed by atoms with Crippen LogP contribution in [0.4, 0.5) is 13.2 Å². The average Bonchev–Trinajstić information content (AvgIpc) is 2.37. The van der Waals surface area contributed by atoms with E-state index in [0.29, 0.717) is 0 Å². The number of rotatable bonds is 6. The highest BCUT2D eigenvalue weighted by atomic mass is 19.4. The number of hydrogen-bond donors (Lipinski definition) is 2. The Morgan fingerprint density at radius 2 is 2.10 bits per heavy atom. The first-order valence-electron chi connectivity index (χ1n) is 5.41. The Bertz CT molecular complexity index is 491. The Morgan fingerprint density at radius 1 is 1.40 bits per heavy atom. The lowest BCUT2D eigenvalue weighted by atomic mass is 10.2. The number of halogens is 3. The molecule has 6 nitrogen and oxygen atoms in total. The standard InChI is InChI=1S/C11H11F3N2O4/c12-11(13,14)6-20-4-3-16-9(17)8-5-7(10(18)19)1-2-15-8/h1-2,5H,3-4,6H2,(H,16,17)(H,18,19). The summed E-state index contributed by atoms with van der Waals surface area (Å²) in [7, 11) is 0. The summed E-state index contributed by atoms with van der Waals surface area (Å²) in [6.45, 7) is -1.85. The SMILES string of the molecule is O=C(O)c1ccnc(C(=O)NCCOCC(F)(F)F)c1. The van der Waals surface area contributed by atoms with E-state index in [2.05, 4.69) is 15.0 Å². The molecule has 0 unspecified atom stereocenters. The minimum atomic E-state index is -4.42. The minimum Gasteiger partial charge on any atom is -0.478 e. The lowest BCUT2D eigenvalue weighted by molar-refractivity contribution is -0.173. The monoisotopic (exact) mass is 292 g/mol. The molecule has 9 heteroatoms. The van der Waals surface area contributed by atoms with Crippen LogP contribution in [0.25, 0.3) is 0 Å². The number of aromatic nitrogens is 1. The summed E-state index contributed by atoms with van der Waals surface area (Å²) in [6.07, 6.45) is -3.26. The van der Waals surface area contributed by atoms with Crippen molar-refractivity contribution >= 4 is 11.9 Å². The molecule has 0 aliphatic heterocycles. The zero-order chi connectivity index (χ0) is 15.2. The molecule has 1 aromatic rings. The molecule has 1 aromatic heterocycles. The van der Waals surface area contributed by atoms with Gasteiger partial charge in [-0.15, -0.1) is 0 Å². The lowest BCUT2D eigenvalue weighted by Gasteiger charge is -2.08. The van der Waals surface area contributed by atoms with Crippen molar-refractivity contribution < 1.29 is 32.6 Å². The summed E-state index contributed by atoms with van der Waals surface area (Å²) in [6, 6.07) is 2.28. The molecule has 0 fully saturated rings. The molecule has 0 aliphatic rings. The van der Waals surface area contributed by atoms with Crippen LogP contribution < -0.4 is 5.32 Å². The topological polar surface area (TPSA) is 88.5 Å². The van der Waals surface area contributed by atoms with Gasteiger partial charge in [-0.25, -0.2) is 4.79 Å². The Hall–Kier alpha value is -2.16. The van der Waals surface area contributed by atoms with Crippen LogP contribution in [-0.2, 0) is 4.74 Å². The summed E-state index contributed by atoms with van der Waals surface area (Å²) in [5, 5.41) is 11.0. The molecule has 0 aliphatic carbocycles. The van der Waals surface area contributed by atoms with Gasteiger partial charge in [-0.2, -0.15) is 13.2 Å². The third-order valence-corrected chi connectivity index (χ3v) is 2.04. The van der Waals surface area contributed by atoms with E-state index in [0.717, 1.165) is 12.3 Å². The van der Waals surface area contributed by atoms with E-state index in [4.69, 9.17) is 5.11 Å². The van der Waals surface area contributed by atoms with Crippen molar-refractivity contribution in [3.8, 4) is 0 Å². The van der Waals surface area contributed by atoms with Gasteiger partial charge >= 0.3 is 12.1 Å². The highest BCUT2D eigenvalue weighted by molar-refractivity contribution is 5.95. The molecule has 0 aromatic carbocycles. The van der Waals surface area contributed by atoms with Gasteiger partial charge in [-0.05, 0) is 12.1 Å². The highest BCUT2D eigenvalue weighted by Crippen LogP contribution is 2.13. The van der Waals surface area contributed by atoms with Crippen LogP contribution in [0.2, 0.25) is 0 Å². The number of carbonyl (C=O) groups is 2. The lowest BCUT2D eigenvalue weighted by Crippen LogP contribution is -2.29. The second-order valence-electron chi connectivity index (χ2n) is 3.66. The molecule has 0 atom stereocenters. The Morgan fingerprint density at radius 3 is 2.70 bits per heavy atom. The van der Waals surface area contributed by atoms with E-state index in [9.17, 15) is 22.8 Å². The molecule has 0 bridgehead atoms. The van der Waals surface area contributed by atoms with E-state index in [1.165, 1.54) is 6.07 Å². The molecule has 0 radical (unpaired) electrons. The fraction of sp³-hybridized carbons (Fsp3) is 0.364. The average molecular weight is 292 g/mol. The summed E-state index contributed by atoms with van der Waals surface area (Å²) >= 11 is 0. The molecule has 0 spiro atoms. The zero-order valence-electron chi connectivity index (χ0n) is 10.1. The molecule has 1 heterocycles. The highest BCUT2D eigenvalue weighted by Gasteiger charge is 2.27. The predicted molar refractivity (Wildman–Crippen MR) is 60.4 cm³/mol. The quantitative estimate of drug-likeness (QED) is 0.766. The number of ether oxygens (including phenoxy) is 1. The van der Waals surface area contributed by atoms with E-state index < -0.39 is 24.7 Å². The van der Waals surface area contributed by atoms with Crippen molar-refractivity contribution in [3.05, 3.63) is 29.6 Å². The van der Waals surface area contributed by atoms with E-state index in [1.54, 1.807) is 0 Å². The van der Waals surface area contributed by atoms with Gasteiger partial charge in [0.05, 0.1) is 12.2 Å². The third kappa shape index (κ3) is 5.65. The molecule has 0 saturated carbocycles. The maximum absolute atomic E-state index is 11.7. The smallest absolute Gasteiger partial charge is 0.411 e. The van der Waals surface area contributed by atoms with E-state index in [-0.39, 0.29) is 24.4 Å². The molecular weight excluding hydrogens is 281 g/mol. The van der Waals surface area contributed by atoms with Crippen LogP contribution in [0.1, 0.15) is 20.8 Å². The summed E-state index contributed by atoms with van der Waals surface area (Å²) in [5.74, 6) is -1.90. The Kier molecular flexibility index (Phi) is 5.44.